The van der Waals surface area contributed by atoms with E-state index in [0.29, 0.717) is 26.2 Å². The summed E-state index contributed by atoms with van der Waals surface area (Å²) in [6.45, 7) is 5.43. The lowest BCUT2D eigenvalue weighted by Crippen LogP contribution is -2.57. The number of hydrogen-bond donors (Lipinski definition) is 0. The van der Waals surface area contributed by atoms with Crippen LogP contribution < -0.4 is 0 Å². The first-order valence-corrected chi connectivity index (χ1v) is 8.87. The molecule has 1 aromatic carbocycles. The first-order chi connectivity index (χ1) is 12.4. The molecule has 26 heavy (non-hydrogen) atoms. The second kappa shape index (κ2) is 7.45. The summed E-state index contributed by atoms with van der Waals surface area (Å²) in [5, 5.41) is 0. The minimum Gasteiger partial charge on any atom is -0.356 e. The number of carbonyl (C=O) groups excluding carboxylic acids is 3. The zero-order valence-electron chi connectivity index (χ0n) is 15.5. The van der Waals surface area contributed by atoms with E-state index in [4.69, 9.17) is 4.74 Å². The van der Waals surface area contributed by atoms with Crippen LogP contribution in [0.15, 0.2) is 24.3 Å². The Morgan fingerprint density at radius 1 is 1.08 bits per heavy atom. The van der Waals surface area contributed by atoms with Crippen molar-refractivity contribution in [2.75, 3.05) is 39.8 Å². The number of hydrogen-bond acceptors (Lipinski definition) is 4. The van der Waals surface area contributed by atoms with Crippen LogP contribution in [0.1, 0.15) is 24.1 Å². The lowest BCUT2D eigenvalue weighted by molar-refractivity contribution is -0.168. The third-order valence-corrected chi connectivity index (χ3v) is 5.27. The zero-order chi connectivity index (χ0) is 18.8. The van der Waals surface area contributed by atoms with Crippen LogP contribution in [0.4, 0.5) is 0 Å². The highest BCUT2D eigenvalue weighted by molar-refractivity contribution is 5.86. The van der Waals surface area contributed by atoms with Crippen molar-refractivity contribution in [2.24, 2.45) is 0 Å². The Labute approximate surface area is 153 Å². The SMILES string of the molecule is CC(=O)N1CCN(C(=O)C2OCC(=O)N(C)C2c2ccccc2C)CC1. The van der Waals surface area contributed by atoms with Crippen LogP contribution in [0.25, 0.3) is 0 Å². The molecule has 2 heterocycles. The number of ether oxygens (including phenoxy) is 1. The molecule has 0 spiro atoms. The van der Waals surface area contributed by atoms with E-state index in [1.807, 2.05) is 31.2 Å². The number of nitrogens with zero attached hydrogens (tertiary/aromatic N) is 3. The van der Waals surface area contributed by atoms with Crippen molar-refractivity contribution in [3.8, 4) is 0 Å². The van der Waals surface area contributed by atoms with Crippen LogP contribution in [-0.4, -0.2) is 78.4 Å². The quantitative estimate of drug-likeness (QED) is 0.775. The van der Waals surface area contributed by atoms with Gasteiger partial charge in [-0.2, -0.15) is 0 Å². The smallest absolute Gasteiger partial charge is 0.254 e. The van der Waals surface area contributed by atoms with Crippen LogP contribution in [-0.2, 0) is 19.1 Å². The van der Waals surface area contributed by atoms with Gasteiger partial charge < -0.3 is 19.4 Å². The number of rotatable bonds is 2. The maximum Gasteiger partial charge on any atom is 0.254 e. The van der Waals surface area contributed by atoms with Crippen molar-refractivity contribution in [1.29, 1.82) is 0 Å². The normalized spacial score (nSPS) is 24.0. The maximum atomic E-state index is 13.1. The summed E-state index contributed by atoms with van der Waals surface area (Å²) in [6, 6.07) is 7.29. The summed E-state index contributed by atoms with van der Waals surface area (Å²) in [4.78, 5) is 41.9. The Bertz CT molecular complexity index is 712. The maximum absolute atomic E-state index is 13.1. The molecule has 0 N–H and O–H groups in total. The number of carbonyl (C=O) groups is 3. The highest BCUT2D eigenvalue weighted by Crippen LogP contribution is 2.32. The number of morpholine rings is 1. The standard InChI is InChI=1S/C19H25N3O4/c1-13-6-4-5-7-15(13)17-18(26-12-16(24)20(17)3)19(25)22-10-8-21(9-11-22)14(2)23/h4-7,17-18H,8-12H2,1-3H3. The first kappa shape index (κ1) is 18.4. The minimum absolute atomic E-state index is 0.0223. The molecular formula is C19H25N3O4. The number of piperazine rings is 1. The Morgan fingerprint density at radius 2 is 1.69 bits per heavy atom. The van der Waals surface area contributed by atoms with Crippen molar-refractivity contribution in [1.82, 2.24) is 14.7 Å². The molecule has 0 bridgehead atoms. The van der Waals surface area contributed by atoms with Gasteiger partial charge in [-0.25, -0.2) is 0 Å². The van der Waals surface area contributed by atoms with E-state index in [0.717, 1.165) is 11.1 Å². The molecule has 3 rings (SSSR count). The third-order valence-electron chi connectivity index (χ3n) is 5.27. The molecule has 2 saturated heterocycles. The van der Waals surface area contributed by atoms with E-state index in [1.54, 1.807) is 21.7 Å². The van der Waals surface area contributed by atoms with Crippen LogP contribution in [0.2, 0.25) is 0 Å². The van der Waals surface area contributed by atoms with Crippen LogP contribution in [0, 0.1) is 6.92 Å². The Balaban J connectivity index is 1.82. The number of likely N-dealkylation sites (N-methyl/N-ethyl adjacent to an activating group) is 1. The van der Waals surface area contributed by atoms with Crippen molar-refractivity contribution >= 4 is 17.7 Å². The molecule has 0 radical (unpaired) electrons. The molecule has 2 fully saturated rings. The van der Waals surface area contributed by atoms with Crippen molar-refractivity contribution in [3.05, 3.63) is 35.4 Å². The summed E-state index contributed by atoms with van der Waals surface area (Å²) in [5.74, 6) is -0.237. The molecular weight excluding hydrogens is 334 g/mol. The van der Waals surface area contributed by atoms with Gasteiger partial charge in [0, 0.05) is 40.2 Å². The average molecular weight is 359 g/mol. The fraction of sp³-hybridized carbons (Fsp3) is 0.526. The van der Waals surface area contributed by atoms with E-state index < -0.39 is 12.1 Å². The molecule has 2 atom stereocenters. The molecule has 140 valence electrons. The highest BCUT2D eigenvalue weighted by atomic mass is 16.5. The van der Waals surface area contributed by atoms with Crippen LogP contribution in [0.5, 0.6) is 0 Å². The molecule has 0 aliphatic carbocycles. The lowest BCUT2D eigenvalue weighted by Gasteiger charge is -2.42. The fourth-order valence-corrected chi connectivity index (χ4v) is 3.63. The Morgan fingerprint density at radius 3 is 2.31 bits per heavy atom. The summed E-state index contributed by atoms with van der Waals surface area (Å²) in [6.07, 6.45) is -0.734. The van der Waals surface area contributed by atoms with Gasteiger partial charge in [0.1, 0.15) is 6.61 Å². The van der Waals surface area contributed by atoms with E-state index >= 15 is 0 Å². The molecule has 0 aromatic heterocycles. The predicted molar refractivity (Wildman–Crippen MR) is 95.3 cm³/mol. The van der Waals surface area contributed by atoms with E-state index in [9.17, 15) is 14.4 Å². The fourth-order valence-electron chi connectivity index (χ4n) is 3.63. The third kappa shape index (κ3) is 3.44. The highest BCUT2D eigenvalue weighted by Gasteiger charge is 2.42. The van der Waals surface area contributed by atoms with Gasteiger partial charge in [0.2, 0.25) is 11.8 Å². The van der Waals surface area contributed by atoms with Crippen molar-refractivity contribution in [2.45, 2.75) is 26.0 Å². The molecule has 2 aliphatic rings. The van der Waals surface area contributed by atoms with Gasteiger partial charge in [-0.05, 0) is 18.1 Å². The molecule has 7 nitrogen and oxygen atoms in total. The molecule has 7 heteroatoms. The largest absolute Gasteiger partial charge is 0.356 e. The molecule has 1 aromatic rings. The van der Waals surface area contributed by atoms with E-state index in [2.05, 4.69) is 0 Å². The molecule has 2 aliphatic heterocycles. The minimum atomic E-state index is -0.734. The second-order valence-corrected chi connectivity index (χ2v) is 6.87. The van der Waals surface area contributed by atoms with Gasteiger partial charge in [0.05, 0.1) is 6.04 Å². The van der Waals surface area contributed by atoms with Gasteiger partial charge in [0.15, 0.2) is 6.10 Å². The van der Waals surface area contributed by atoms with Crippen LogP contribution >= 0.6 is 0 Å². The van der Waals surface area contributed by atoms with Crippen molar-refractivity contribution in [3.63, 3.8) is 0 Å². The number of aryl methyl sites for hydroxylation is 1. The Kier molecular flexibility index (Phi) is 5.27. The van der Waals surface area contributed by atoms with E-state index in [1.165, 1.54) is 6.92 Å². The van der Waals surface area contributed by atoms with Gasteiger partial charge in [0.25, 0.3) is 5.91 Å². The lowest BCUT2D eigenvalue weighted by atomic mass is 9.93. The van der Waals surface area contributed by atoms with E-state index in [-0.39, 0.29) is 24.3 Å². The first-order valence-electron chi connectivity index (χ1n) is 8.87. The summed E-state index contributed by atoms with van der Waals surface area (Å²) in [7, 11) is 1.72. The van der Waals surface area contributed by atoms with Crippen molar-refractivity contribution < 1.29 is 19.1 Å². The average Bonchev–Trinajstić information content (AvgIpc) is 2.64. The second-order valence-electron chi connectivity index (χ2n) is 6.87. The number of benzene rings is 1. The monoisotopic (exact) mass is 359 g/mol. The summed E-state index contributed by atoms with van der Waals surface area (Å²) in [5.41, 5.74) is 1.94. The van der Waals surface area contributed by atoms with Crippen LogP contribution in [0.3, 0.4) is 0 Å². The van der Waals surface area contributed by atoms with Gasteiger partial charge in [-0.3, -0.25) is 14.4 Å². The van der Waals surface area contributed by atoms with Gasteiger partial charge in [-0.15, -0.1) is 0 Å². The topological polar surface area (TPSA) is 70.2 Å². The van der Waals surface area contributed by atoms with Gasteiger partial charge in [-0.1, -0.05) is 24.3 Å². The van der Waals surface area contributed by atoms with Gasteiger partial charge >= 0.3 is 0 Å². The summed E-state index contributed by atoms with van der Waals surface area (Å²) >= 11 is 0. The Hall–Kier alpha value is -2.41. The molecule has 0 saturated carbocycles. The molecule has 3 amide bonds. The zero-order valence-corrected chi connectivity index (χ0v) is 15.5. The summed E-state index contributed by atoms with van der Waals surface area (Å²) < 4.78 is 5.71. The number of amides is 3. The predicted octanol–water partition coefficient (Wildman–Crippen LogP) is 0.584. The molecule has 2 unspecified atom stereocenters.